The van der Waals surface area contributed by atoms with Gasteiger partial charge in [0.15, 0.2) is 0 Å². The van der Waals surface area contributed by atoms with Crippen LogP contribution in [0.2, 0.25) is 0 Å². The SMILES string of the molecule is O=C1C[C@H]2CP=CN12. The maximum absolute atomic E-state index is 10.6. The van der Waals surface area contributed by atoms with E-state index in [-0.39, 0.29) is 0 Å². The van der Waals surface area contributed by atoms with E-state index < -0.39 is 0 Å². The fourth-order valence-corrected chi connectivity index (χ4v) is 2.20. The molecule has 8 heavy (non-hydrogen) atoms. The van der Waals surface area contributed by atoms with E-state index in [9.17, 15) is 4.79 Å². The van der Waals surface area contributed by atoms with Gasteiger partial charge in [0.2, 0.25) is 5.91 Å². The summed E-state index contributed by atoms with van der Waals surface area (Å²) < 4.78 is 0. The summed E-state index contributed by atoms with van der Waals surface area (Å²) in [4.78, 5) is 12.5. The third-order valence-corrected chi connectivity index (χ3v) is 2.66. The van der Waals surface area contributed by atoms with Crippen LogP contribution in [0.5, 0.6) is 0 Å². The Morgan fingerprint density at radius 1 is 1.88 bits per heavy atom. The number of hydrogen-bond acceptors (Lipinski definition) is 1. The average Bonchev–Trinajstić information content (AvgIpc) is 2.09. The number of nitrogens with zero attached hydrogens (tertiary/aromatic N) is 1. The first kappa shape index (κ1) is 4.51. The molecule has 0 aromatic rings. The van der Waals surface area contributed by atoms with Crippen molar-refractivity contribution in [2.45, 2.75) is 12.5 Å². The number of hydrogen-bond donors (Lipinski definition) is 0. The molecule has 1 saturated heterocycles. The number of fused-ring (bicyclic) bond motifs is 1. The Kier molecular flexibility index (Phi) is 0.746. The second kappa shape index (κ2) is 1.32. The molecule has 0 N–H and O–H groups in total. The van der Waals surface area contributed by atoms with Crippen LogP contribution in [0, 0.1) is 0 Å². The van der Waals surface area contributed by atoms with Crippen molar-refractivity contribution in [1.29, 1.82) is 0 Å². The quantitative estimate of drug-likeness (QED) is 0.338. The minimum atomic E-state index is 0.306. The highest BCUT2D eigenvalue weighted by atomic mass is 31.1. The lowest BCUT2D eigenvalue weighted by atomic mass is 10.1. The summed E-state index contributed by atoms with van der Waals surface area (Å²) in [7, 11) is 1.32. The van der Waals surface area contributed by atoms with Crippen molar-refractivity contribution >= 4 is 20.0 Å². The smallest absolute Gasteiger partial charge is 0.229 e. The first-order valence-corrected chi connectivity index (χ1v) is 3.84. The zero-order chi connectivity index (χ0) is 5.56. The first-order chi connectivity index (χ1) is 3.88. The second-order valence-corrected chi connectivity index (χ2v) is 3.10. The Bertz CT molecular complexity index is 166. The van der Waals surface area contributed by atoms with Gasteiger partial charge in [0.05, 0.1) is 6.04 Å². The summed E-state index contributed by atoms with van der Waals surface area (Å²) in [6.07, 6.45) is 1.97. The predicted octanol–water partition coefficient (Wildman–Crippen LogP) is 0.307. The molecule has 0 spiro atoms. The van der Waals surface area contributed by atoms with Gasteiger partial charge in [-0.15, -0.1) is 0 Å². The normalized spacial score (nSPS) is 34.8. The fraction of sp³-hybridized carbons (Fsp3) is 0.600. The predicted molar refractivity (Wildman–Crippen MR) is 33.1 cm³/mol. The van der Waals surface area contributed by atoms with Gasteiger partial charge in [-0.25, -0.2) is 0 Å². The van der Waals surface area contributed by atoms with Gasteiger partial charge >= 0.3 is 0 Å². The van der Waals surface area contributed by atoms with Gasteiger partial charge < -0.3 is 4.90 Å². The Balaban J connectivity index is 2.21. The van der Waals surface area contributed by atoms with E-state index in [0.717, 1.165) is 6.42 Å². The molecule has 1 fully saturated rings. The van der Waals surface area contributed by atoms with Crippen LogP contribution in [0.4, 0.5) is 0 Å². The van der Waals surface area contributed by atoms with Crippen LogP contribution in [0.15, 0.2) is 0 Å². The van der Waals surface area contributed by atoms with Gasteiger partial charge in [-0.3, -0.25) is 4.79 Å². The van der Waals surface area contributed by atoms with E-state index in [0.29, 0.717) is 11.9 Å². The van der Waals surface area contributed by atoms with Gasteiger partial charge in [-0.1, -0.05) is 8.20 Å². The summed E-state index contributed by atoms with van der Waals surface area (Å²) in [6, 6.07) is 0.587. The monoisotopic (exact) mass is 127 g/mol. The fourth-order valence-electron chi connectivity index (χ4n) is 1.06. The lowest BCUT2D eigenvalue weighted by Crippen LogP contribution is -2.49. The van der Waals surface area contributed by atoms with Crippen molar-refractivity contribution in [2.24, 2.45) is 0 Å². The molecule has 0 aromatic carbocycles. The molecular weight excluding hydrogens is 121 g/mol. The summed E-state index contributed by atoms with van der Waals surface area (Å²) >= 11 is 0. The molecule has 0 saturated carbocycles. The zero-order valence-electron chi connectivity index (χ0n) is 4.37. The average molecular weight is 127 g/mol. The van der Waals surface area contributed by atoms with Crippen molar-refractivity contribution in [3.63, 3.8) is 0 Å². The van der Waals surface area contributed by atoms with Crippen LogP contribution in [-0.4, -0.2) is 28.9 Å². The minimum Gasteiger partial charge on any atom is -0.311 e. The van der Waals surface area contributed by atoms with Gasteiger partial charge in [-0.2, -0.15) is 0 Å². The molecule has 0 aliphatic carbocycles. The minimum absolute atomic E-state index is 0.306. The van der Waals surface area contributed by atoms with E-state index in [1.165, 1.54) is 14.4 Å². The first-order valence-electron chi connectivity index (χ1n) is 2.69. The molecule has 3 heteroatoms. The standard InChI is InChI=1S/C5H6NOP/c7-5-1-4-2-8-3-6(4)5/h3-4H,1-2H2/t4-/m0/s1. The molecule has 0 radical (unpaired) electrons. The van der Waals surface area contributed by atoms with Gasteiger partial charge in [0.25, 0.3) is 0 Å². The number of β-lactam (4-membered cyclic amide) rings is 1. The Hall–Kier alpha value is -0.360. The molecule has 42 valence electrons. The number of amides is 1. The van der Waals surface area contributed by atoms with Gasteiger partial charge in [0.1, 0.15) is 0 Å². The third-order valence-electron chi connectivity index (χ3n) is 1.61. The molecule has 0 unspecified atom stereocenters. The molecule has 1 atom stereocenters. The van der Waals surface area contributed by atoms with Crippen LogP contribution in [-0.2, 0) is 4.79 Å². The van der Waals surface area contributed by atoms with Crippen LogP contribution >= 0.6 is 8.20 Å². The van der Waals surface area contributed by atoms with Crippen LogP contribution in [0.1, 0.15) is 6.42 Å². The van der Waals surface area contributed by atoms with Crippen molar-refractivity contribution < 1.29 is 4.79 Å². The second-order valence-electron chi connectivity index (χ2n) is 2.14. The van der Waals surface area contributed by atoms with Crippen LogP contribution in [0.25, 0.3) is 0 Å². The largest absolute Gasteiger partial charge is 0.311 e. The Labute approximate surface area is 49.3 Å². The van der Waals surface area contributed by atoms with Gasteiger partial charge in [-0.05, 0) is 0 Å². The van der Waals surface area contributed by atoms with E-state index in [1.807, 2.05) is 10.8 Å². The molecule has 2 heterocycles. The maximum atomic E-state index is 10.6. The Morgan fingerprint density at radius 2 is 2.75 bits per heavy atom. The van der Waals surface area contributed by atoms with E-state index in [1.54, 1.807) is 0 Å². The molecular formula is C5H6NOP. The van der Waals surface area contributed by atoms with Crippen molar-refractivity contribution in [2.75, 3.05) is 6.16 Å². The highest BCUT2D eigenvalue weighted by Crippen LogP contribution is 2.26. The van der Waals surface area contributed by atoms with E-state index in [4.69, 9.17) is 0 Å². The molecule has 2 nitrogen and oxygen atoms in total. The number of rotatable bonds is 0. The molecule has 1 amide bonds. The summed E-state index contributed by atoms with van der Waals surface area (Å²) in [5.74, 6) is 2.29. The lowest BCUT2D eigenvalue weighted by molar-refractivity contribution is -0.137. The highest BCUT2D eigenvalue weighted by molar-refractivity contribution is 7.39. The molecule has 0 aromatic heterocycles. The van der Waals surface area contributed by atoms with Crippen LogP contribution < -0.4 is 0 Å². The van der Waals surface area contributed by atoms with E-state index >= 15 is 0 Å². The van der Waals surface area contributed by atoms with Crippen molar-refractivity contribution in [3.05, 3.63) is 0 Å². The summed E-state index contributed by atoms with van der Waals surface area (Å²) in [5, 5.41) is 0. The highest BCUT2D eigenvalue weighted by Gasteiger charge is 2.36. The topological polar surface area (TPSA) is 20.3 Å². The molecule has 2 rings (SSSR count). The van der Waals surface area contributed by atoms with Crippen molar-refractivity contribution in [1.82, 2.24) is 4.90 Å². The van der Waals surface area contributed by atoms with Crippen molar-refractivity contribution in [3.8, 4) is 0 Å². The summed E-state index contributed by atoms with van der Waals surface area (Å²) in [5.41, 5.74) is 0. The summed E-state index contributed by atoms with van der Waals surface area (Å²) in [6.45, 7) is 0. The Morgan fingerprint density at radius 3 is 3.25 bits per heavy atom. The molecule has 2 aliphatic rings. The lowest BCUT2D eigenvalue weighted by Gasteiger charge is -2.32. The van der Waals surface area contributed by atoms with Gasteiger partial charge in [0, 0.05) is 18.5 Å². The number of carbonyl (C=O) groups excluding carboxylic acids is 1. The van der Waals surface area contributed by atoms with Crippen LogP contribution in [0.3, 0.4) is 0 Å². The molecule has 2 aliphatic heterocycles. The maximum Gasteiger partial charge on any atom is 0.229 e. The molecule has 0 bridgehead atoms. The number of carbonyl (C=O) groups is 1. The zero-order valence-corrected chi connectivity index (χ0v) is 5.27. The van der Waals surface area contributed by atoms with E-state index in [2.05, 4.69) is 0 Å². The third kappa shape index (κ3) is 0.390.